The third kappa shape index (κ3) is 4.96. The highest BCUT2D eigenvalue weighted by Gasteiger charge is 2.13. The highest BCUT2D eigenvalue weighted by Crippen LogP contribution is 2.22. The predicted molar refractivity (Wildman–Crippen MR) is 100 cm³/mol. The van der Waals surface area contributed by atoms with Gasteiger partial charge in [-0.15, -0.1) is 0 Å². The molecule has 0 atom stereocenters. The fourth-order valence-corrected chi connectivity index (χ4v) is 2.85. The number of nitrogens with one attached hydrogen (secondary N) is 2. The molecule has 0 spiro atoms. The molecule has 0 fully saturated rings. The molecule has 0 aliphatic heterocycles. The summed E-state index contributed by atoms with van der Waals surface area (Å²) in [7, 11) is -2.15. The van der Waals surface area contributed by atoms with Crippen molar-refractivity contribution in [2.45, 2.75) is 6.92 Å². The Bertz CT molecular complexity index is 927. The molecule has 0 radical (unpaired) electrons. The number of benzene rings is 2. The Morgan fingerprint density at radius 2 is 1.69 bits per heavy atom. The van der Waals surface area contributed by atoms with Crippen molar-refractivity contribution in [1.29, 1.82) is 0 Å². The molecule has 2 rings (SSSR count). The second-order valence-corrected chi connectivity index (χ2v) is 7.64. The van der Waals surface area contributed by atoms with Crippen molar-refractivity contribution >= 4 is 44.9 Å². The molecule has 0 aliphatic carbocycles. The Labute approximate surface area is 156 Å². The van der Waals surface area contributed by atoms with Gasteiger partial charge in [0.15, 0.2) is 0 Å². The van der Waals surface area contributed by atoms with Crippen LogP contribution in [0.15, 0.2) is 42.5 Å². The predicted octanol–water partition coefficient (Wildman–Crippen LogP) is 3.14. The van der Waals surface area contributed by atoms with Crippen LogP contribution in [0.25, 0.3) is 0 Å². The summed E-state index contributed by atoms with van der Waals surface area (Å²) in [5.74, 6) is -1.08. The monoisotopic (exact) mass is 396 g/mol. The lowest BCUT2D eigenvalue weighted by atomic mass is 10.1. The number of anilines is 2. The number of hydrogen-bond donors (Lipinski definition) is 2. The van der Waals surface area contributed by atoms with Crippen LogP contribution in [-0.2, 0) is 14.8 Å². The minimum absolute atomic E-state index is 0.0473. The number of rotatable bonds is 6. The quantitative estimate of drug-likeness (QED) is 0.730. The zero-order chi connectivity index (χ0) is 19.3. The van der Waals surface area contributed by atoms with Crippen molar-refractivity contribution in [1.82, 2.24) is 0 Å². The van der Waals surface area contributed by atoms with Crippen molar-refractivity contribution < 1.29 is 22.7 Å². The van der Waals surface area contributed by atoms with Crippen LogP contribution in [0, 0.1) is 0 Å². The van der Waals surface area contributed by atoms with Gasteiger partial charge in [0.25, 0.3) is 5.91 Å². The Balaban J connectivity index is 2.14. The van der Waals surface area contributed by atoms with E-state index in [-0.39, 0.29) is 16.3 Å². The summed E-state index contributed by atoms with van der Waals surface area (Å²) < 4.78 is 30.1. The minimum atomic E-state index is -3.38. The third-order valence-corrected chi connectivity index (χ3v) is 5.07. The number of methoxy groups -OCH3 is 1. The Hall–Kier alpha value is -2.58. The van der Waals surface area contributed by atoms with E-state index < -0.39 is 21.9 Å². The Kier molecular flexibility index (Phi) is 6.23. The molecule has 0 unspecified atom stereocenters. The zero-order valence-electron chi connectivity index (χ0n) is 14.1. The number of esters is 1. The molecule has 138 valence electrons. The fraction of sp³-hybridized carbons (Fsp3) is 0.176. The lowest BCUT2D eigenvalue weighted by molar-refractivity contribution is 0.0600. The van der Waals surface area contributed by atoms with Crippen LogP contribution >= 0.6 is 11.6 Å². The highest BCUT2D eigenvalue weighted by molar-refractivity contribution is 7.92. The van der Waals surface area contributed by atoms with Crippen LogP contribution in [-0.4, -0.2) is 33.2 Å². The number of carbonyl (C=O) groups excluding carboxylic acids is 2. The van der Waals surface area contributed by atoms with Crippen LogP contribution in [0.3, 0.4) is 0 Å². The molecule has 0 heterocycles. The van der Waals surface area contributed by atoms with E-state index >= 15 is 0 Å². The number of ether oxygens (including phenoxy) is 1. The van der Waals surface area contributed by atoms with Crippen molar-refractivity contribution in [3.05, 3.63) is 58.6 Å². The molecule has 0 saturated carbocycles. The van der Waals surface area contributed by atoms with Crippen molar-refractivity contribution in [2.75, 3.05) is 22.9 Å². The van der Waals surface area contributed by atoms with E-state index in [0.29, 0.717) is 16.9 Å². The van der Waals surface area contributed by atoms with Gasteiger partial charge in [0.1, 0.15) is 0 Å². The van der Waals surface area contributed by atoms with Crippen molar-refractivity contribution in [2.24, 2.45) is 0 Å². The molecule has 1 amide bonds. The standard InChI is InChI=1S/C17H17ClN2O5S/c1-3-26(23,24)20-12-6-4-11(5-7-12)16(21)19-13-8-9-15(18)14(10-13)17(22)25-2/h4-10,20H,3H2,1-2H3,(H,19,21). The van der Waals surface area contributed by atoms with E-state index in [1.807, 2.05) is 0 Å². The summed E-state index contributed by atoms with van der Waals surface area (Å²) in [6.45, 7) is 1.53. The smallest absolute Gasteiger partial charge is 0.339 e. The largest absolute Gasteiger partial charge is 0.465 e. The molecular weight excluding hydrogens is 380 g/mol. The van der Waals surface area contributed by atoms with Gasteiger partial charge in [0, 0.05) is 16.9 Å². The molecule has 0 aliphatic rings. The van der Waals surface area contributed by atoms with E-state index in [4.69, 9.17) is 11.6 Å². The van der Waals surface area contributed by atoms with E-state index in [0.717, 1.165) is 0 Å². The molecule has 9 heteroatoms. The number of sulfonamides is 1. The van der Waals surface area contributed by atoms with Gasteiger partial charge < -0.3 is 10.1 Å². The zero-order valence-corrected chi connectivity index (χ0v) is 15.6. The maximum absolute atomic E-state index is 12.3. The molecule has 0 bridgehead atoms. The van der Waals surface area contributed by atoms with Gasteiger partial charge in [-0.2, -0.15) is 0 Å². The lowest BCUT2D eigenvalue weighted by Crippen LogP contribution is -2.15. The Morgan fingerprint density at radius 3 is 2.27 bits per heavy atom. The summed E-state index contributed by atoms with van der Waals surface area (Å²) in [4.78, 5) is 23.9. The summed E-state index contributed by atoms with van der Waals surface area (Å²) >= 11 is 5.94. The third-order valence-electron chi connectivity index (χ3n) is 3.43. The maximum Gasteiger partial charge on any atom is 0.339 e. The highest BCUT2D eigenvalue weighted by atomic mass is 35.5. The van der Waals surface area contributed by atoms with Crippen LogP contribution < -0.4 is 10.0 Å². The van der Waals surface area contributed by atoms with Gasteiger partial charge in [-0.25, -0.2) is 13.2 Å². The lowest BCUT2D eigenvalue weighted by Gasteiger charge is -2.09. The summed E-state index contributed by atoms with van der Waals surface area (Å²) in [5, 5.41) is 2.85. The first-order valence-electron chi connectivity index (χ1n) is 7.55. The topological polar surface area (TPSA) is 102 Å². The first kappa shape index (κ1) is 19.7. The van der Waals surface area contributed by atoms with Crippen LogP contribution in [0.4, 0.5) is 11.4 Å². The second kappa shape index (κ2) is 8.20. The normalized spacial score (nSPS) is 10.9. The van der Waals surface area contributed by atoms with E-state index in [1.165, 1.54) is 50.4 Å². The van der Waals surface area contributed by atoms with Gasteiger partial charge in [-0.3, -0.25) is 9.52 Å². The number of halogens is 1. The van der Waals surface area contributed by atoms with Gasteiger partial charge in [-0.05, 0) is 49.4 Å². The van der Waals surface area contributed by atoms with Crippen LogP contribution in [0.1, 0.15) is 27.6 Å². The minimum Gasteiger partial charge on any atom is -0.465 e. The van der Waals surface area contributed by atoms with Crippen LogP contribution in [0.5, 0.6) is 0 Å². The fourth-order valence-electron chi connectivity index (χ4n) is 2.01. The van der Waals surface area contributed by atoms with E-state index in [9.17, 15) is 18.0 Å². The summed E-state index contributed by atoms with van der Waals surface area (Å²) in [5.41, 5.74) is 1.19. The van der Waals surface area contributed by atoms with Gasteiger partial charge in [-0.1, -0.05) is 11.6 Å². The average Bonchev–Trinajstić information content (AvgIpc) is 2.63. The van der Waals surface area contributed by atoms with Crippen molar-refractivity contribution in [3.8, 4) is 0 Å². The number of amides is 1. The average molecular weight is 397 g/mol. The van der Waals surface area contributed by atoms with Crippen molar-refractivity contribution in [3.63, 3.8) is 0 Å². The Morgan fingerprint density at radius 1 is 1.08 bits per heavy atom. The molecule has 26 heavy (non-hydrogen) atoms. The molecule has 2 aromatic carbocycles. The molecule has 7 nitrogen and oxygen atoms in total. The van der Waals surface area contributed by atoms with Gasteiger partial charge in [0.05, 0.1) is 23.4 Å². The number of carbonyl (C=O) groups is 2. The second-order valence-electron chi connectivity index (χ2n) is 5.22. The molecule has 0 saturated heterocycles. The molecule has 2 aromatic rings. The van der Waals surface area contributed by atoms with Gasteiger partial charge in [0.2, 0.25) is 10.0 Å². The van der Waals surface area contributed by atoms with Gasteiger partial charge >= 0.3 is 5.97 Å². The van der Waals surface area contributed by atoms with E-state index in [1.54, 1.807) is 6.07 Å². The van der Waals surface area contributed by atoms with E-state index in [2.05, 4.69) is 14.8 Å². The summed E-state index contributed by atoms with van der Waals surface area (Å²) in [6, 6.07) is 10.4. The first-order chi connectivity index (χ1) is 12.3. The molecule has 0 aromatic heterocycles. The van der Waals surface area contributed by atoms with Crippen LogP contribution in [0.2, 0.25) is 5.02 Å². The molecule has 2 N–H and O–H groups in total. The summed E-state index contributed by atoms with van der Waals surface area (Å²) in [6.07, 6.45) is 0. The maximum atomic E-state index is 12.3. The SMILES string of the molecule is CCS(=O)(=O)Nc1ccc(C(=O)Nc2ccc(Cl)c(C(=O)OC)c2)cc1. The molecular formula is C17H17ClN2O5S. The first-order valence-corrected chi connectivity index (χ1v) is 9.58. The number of hydrogen-bond acceptors (Lipinski definition) is 5.